The lowest BCUT2D eigenvalue weighted by atomic mass is 10.2. The van der Waals surface area contributed by atoms with Crippen molar-refractivity contribution in [3.63, 3.8) is 0 Å². The molecule has 0 rings (SSSR count). The lowest BCUT2D eigenvalue weighted by Gasteiger charge is -1.90. The molecule has 3 N–H and O–H groups in total. The maximum absolute atomic E-state index is 9.58. The Labute approximate surface area is 46.4 Å². The number of hydrogen-bond donors (Lipinski definition) is 3. The summed E-state index contributed by atoms with van der Waals surface area (Å²) in [6.07, 6.45) is -0.852. The Morgan fingerprint density at radius 2 is 2.38 bits per heavy atom. The number of nitrogens with one attached hydrogen (secondary N) is 2. The highest BCUT2D eigenvalue weighted by Crippen LogP contribution is 1.50. The molecule has 43 valence electrons. The smallest absolute Gasteiger partial charge is 0.393 e. The largest absolute Gasteiger partial charge is 0.466 e. The first-order valence-electron chi connectivity index (χ1n) is 1.78. The summed E-state index contributed by atoms with van der Waals surface area (Å²) in [7, 11) is 0.912. The highest BCUT2D eigenvalue weighted by Gasteiger charge is 1.92. The van der Waals surface area contributed by atoms with E-state index < -0.39 is 6.09 Å². The van der Waals surface area contributed by atoms with Gasteiger partial charge in [-0.3, -0.25) is 4.79 Å². The molecule has 0 aliphatic heterocycles. The van der Waals surface area contributed by atoms with Crippen LogP contribution in [0.4, 0.5) is 4.79 Å². The highest BCUT2D eigenvalue weighted by atomic mass is 16.4. The van der Waals surface area contributed by atoms with Gasteiger partial charge in [0.25, 0.3) is 0 Å². The predicted octanol–water partition coefficient (Wildman–Crippen LogP) is -1.47. The van der Waals surface area contributed by atoms with Crippen LogP contribution in [0.15, 0.2) is 0 Å². The Balaban J connectivity index is 2.93. The topological polar surface area (TPSA) is 78.4 Å². The zero-order valence-corrected chi connectivity index (χ0v) is 3.92. The Morgan fingerprint density at radius 1 is 1.75 bits per heavy atom. The summed E-state index contributed by atoms with van der Waals surface area (Å²) in [5.41, 5.74) is 0. The van der Waals surface area contributed by atoms with E-state index in [1.807, 2.05) is 5.23 Å². The van der Waals surface area contributed by atoms with Crippen LogP contribution in [-0.2, 0) is 4.79 Å². The quantitative estimate of drug-likeness (QED) is 0.238. The molecule has 0 aliphatic rings. The summed E-state index contributed by atoms with van der Waals surface area (Å²) in [5.74, 6) is 0. The highest BCUT2D eigenvalue weighted by molar-refractivity contribution is 6.36. The Hall–Kier alpha value is -1.20. The van der Waals surface area contributed by atoms with Crippen molar-refractivity contribution < 1.29 is 14.7 Å². The summed E-state index contributed by atoms with van der Waals surface area (Å²) in [4.78, 5) is 19.0. The van der Waals surface area contributed by atoms with Gasteiger partial charge >= 0.3 is 13.6 Å². The lowest BCUT2D eigenvalue weighted by Crippen LogP contribution is -2.35. The van der Waals surface area contributed by atoms with Crippen molar-refractivity contribution in [1.29, 1.82) is 0 Å². The van der Waals surface area contributed by atoms with Crippen molar-refractivity contribution in [2.24, 2.45) is 0 Å². The minimum atomic E-state index is -1.21. The molecule has 6 heteroatoms. The molecule has 0 saturated carbocycles. The van der Waals surface area contributed by atoms with E-state index in [2.05, 4.69) is 0 Å². The monoisotopic (exact) mass is 115 g/mol. The first-order chi connectivity index (χ1) is 3.77. The Kier molecular flexibility index (Phi) is 3.38. The van der Waals surface area contributed by atoms with Gasteiger partial charge in [0.05, 0.1) is 0 Å². The molecule has 0 unspecified atom stereocenters. The van der Waals surface area contributed by atoms with Crippen LogP contribution in [0.5, 0.6) is 0 Å². The third kappa shape index (κ3) is 4.80. The molecule has 0 aromatic heterocycles. The molecular formula is C2H4BN2O3. The summed E-state index contributed by atoms with van der Waals surface area (Å²) >= 11 is 0. The van der Waals surface area contributed by atoms with Crippen LogP contribution in [0.25, 0.3) is 0 Å². The predicted molar refractivity (Wildman–Crippen MR) is 26.1 cm³/mol. The average Bonchev–Trinajstić information content (AvgIpc) is 1.66. The van der Waals surface area contributed by atoms with E-state index in [1.165, 1.54) is 0 Å². The minimum Gasteiger partial charge on any atom is -0.466 e. The van der Waals surface area contributed by atoms with Crippen molar-refractivity contribution >= 4 is 20.1 Å². The molecule has 0 heterocycles. The maximum Gasteiger partial charge on any atom is 0.393 e. The zero-order chi connectivity index (χ0) is 6.41. The third-order valence-electron chi connectivity index (χ3n) is 0.347. The van der Waals surface area contributed by atoms with Gasteiger partial charge in [0.1, 0.15) is 0 Å². The van der Waals surface area contributed by atoms with Crippen molar-refractivity contribution in [2.75, 3.05) is 0 Å². The van der Waals surface area contributed by atoms with Crippen molar-refractivity contribution in [2.45, 2.75) is 0 Å². The molecule has 0 aliphatic carbocycles. The van der Waals surface area contributed by atoms with Crippen LogP contribution in [-0.4, -0.2) is 25.2 Å². The molecule has 0 fully saturated rings. The van der Waals surface area contributed by atoms with Crippen molar-refractivity contribution in [3.8, 4) is 0 Å². The molecule has 0 spiro atoms. The molecule has 8 heavy (non-hydrogen) atoms. The molecule has 2 amide bonds. The standard InChI is InChI=1S/C2H4BN2O3/c6-1-4-3-5-2(7)8/h1,5H,(H,4,6)(H,7,8). The molecule has 0 aromatic rings. The van der Waals surface area contributed by atoms with Crippen molar-refractivity contribution in [3.05, 3.63) is 0 Å². The molecular weight excluding hydrogens is 111 g/mol. The fourth-order valence-electron chi connectivity index (χ4n) is 0.137. The Morgan fingerprint density at radius 3 is 2.75 bits per heavy atom. The SMILES string of the molecule is O=CN[B]NC(=O)O. The summed E-state index contributed by atoms with van der Waals surface area (Å²) in [6, 6.07) is 0. The van der Waals surface area contributed by atoms with Gasteiger partial charge in [-0.25, -0.2) is 4.79 Å². The molecule has 5 nitrogen and oxygen atoms in total. The normalized spacial score (nSPS) is 7.00. The third-order valence-corrected chi connectivity index (χ3v) is 0.347. The van der Waals surface area contributed by atoms with Crippen LogP contribution in [0.2, 0.25) is 0 Å². The van der Waals surface area contributed by atoms with Gasteiger partial charge in [0.2, 0.25) is 0 Å². The fourth-order valence-corrected chi connectivity index (χ4v) is 0.137. The van der Waals surface area contributed by atoms with Gasteiger partial charge in [0.15, 0.2) is 6.41 Å². The van der Waals surface area contributed by atoms with Crippen LogP contribution in [0.1, 0.15) is 0 Å². The number of carbonyl (C=O) groups is 2. The molecule has 0 atom stereocenters. The van der Waals surface area contributed by atoms with E-state index in [1.54, 1.807) is 5.23 Å². The van der Waals surface area contributed by atoms with E-state index >= 15 is 0 Å². The molecule has 1 radical (unpaired) electrons. The maximum atomic E-state index is 9.58. The van der Waals surface area contributed by atoms with Gasteiger partial charge < -0.3 is 15.6 Å². The number of hydrogen-bond acceptors (Lipinski definition) is 2. The van der Waals surface area contributed by atoms with Crippen LogP contribution >= 0.6 is 0 Å². The lowest BCUT2D eigenvalue weighted by molar-refractivity contribution is -0.108. The molecule has 0 bridgehead atoms. The first kappa shape index (κ1) is 6.80. The van der Waals surface area contributed by atoms with Gasteiger partial charge in [-0.1, -0.05) is 0 Å². The second-order valence-corrected chi connectivity index (χ2v) is 0.878. The Bertz CT molecular complexity index is 95.3. The van der Waals surface area contributed by atoms with E-state index in [0.717, 1.165) is 7.55 Å². The zero-order valence-electron chi connectivity index (χ0n) is 3.92. The number of carbonyl (C=O) groups excluding carboxylic acids is 1. The summed E-state index contributed by atoms with van der Waals surface area (Å²) < 4.78 is 0. The second-order valence-electron chi connectivity index (χ2n) is 0.878. The molecule has 0 saturated heterocycles. The minimum absolute atomic E-state index is 0.357. The second kappa shape index (κ2) is 3.98. The van der Waals surface area contributed by atoms with Crippen molar-refractivity contribution in [1.82, 2.24) is 10.5 Å². The number of amides is 2. The number of carboxylic acid groups (broad SMARTS) is 1. The fraction of sp³-hybridized carbons (Fsp3) is 0. The van der Waals surface area contributed by atoms with Crippen LogP contribution in [0.3, 0.4) is 0 Å². The van der Waals surface area contributed by atoms with E-state index in [-0.39, 0.29) is 0 Å². The van der Waals surface area contributed by atoms with Crippen LogP contribution < -0.4 is 10.5 Å². The summed E-state index contributed by atoms with van der Waals surface area (Å²) in [5, 5.41) is 11.6. The first-order valence-corrected chi connectivity index (χ1v) is 1.78. The van der Waals surface area contributed by atoms with E-state index in [0.29, 0.717) is 6.41 Å². The van der Waals surface area contributed by atoms with Gasteiger partial charge in [-0.15, -0.1) is 0 Å². The van der Waals surface area contributed by atoms with Gasteiger partial charge in [-0.2, -0.15) is 0 Å². The van der Waals surface area contributed by atoms with Gasteiger partial charge in [0, 0.05) is 0 Å². The molecule has 0 aromatic carbocycles. The van der Waals surface area contributed by atoms with Gasteiger partial charge in [-0.05, 0) is 0 Å². The number of rotatable bonds is 3. The average molecular weight is 115 g/mol. The summed E-state index contributed by atoms with van der Waals surface area (Å²) in [6.45, 7) is 0. The van der Waals surface area contributed by atoms with E-state index in [4.69, 9.17) is 5.11 Å². The van der Waals surface area contributed by atoms with Crippen LogP contribution in [0, 0.1) is 0 Å². The van der Waals surface area contributed by atoms with E-state index in [9.17, 15) is 9.59 Å².